The Morgan fingerprint density at radius 3 is 2.48 bits per heavy atom. The molecule has 0 saturated carbocycles. The number of rotatable bonds is 3. The van der Waals surface area contributed by atoms with Gasteiger partial charge in [-0.3, -0.25) is 9.69 Å². The normalized spacial score (nSPS) is 15.9. The fraction of sp³-hybridized carbons (Fsp3) is 0.462. The highest BCUT2D eigenvalue weighted by atomic mass is 19.4. The molecule has 1 aromatic heterocycles. The summed E-state index contributed by atoms with van der Waals surface area (Å²) in [5.41, 5.74) is -1.66. The summed E-state index contributed by atoms with van der Waals surface area (Å²) in [5.74, 6) is 0. The van der Waals surface area contributed by atoms with Crippen molar-refractivity contribution in [2.45, 2.75) is 18.8 Å². The van der Waals surface area contributed by atoms with Crippen LogP contribution in [0.2, 0.25) is 0 Å². The zero-order valence-corrected chi connectivity index (χ0v) is 11.1. The van der Waals surface area contributed by atoms with Crippen molar-refractivity contribution in [2.24, 2.45) is 0 Å². The second kappa shape index (κ2) is 7.35. The van der Waals surface area contributed by atoms with Gasteiger partial charge in [-0.05, 0) is 12.0 Å². The molecule has 1 saturated heterocycles. The maximum Gasteiger partial charge on any atom is 0.416 e. The molecule has 0 amide bonds. The standard InChI is InChI=1S/C11H12F4N2O.C2H3F/c12-8-5-17(6-8)2-1-7-4-16-10(18)3-9(7)11(13,14)15;1-2-3/h3-4,8H,1-2,5-6H2,(H,16,18);2H,1H2. The minimum atomic E-state index is -4.54. The lowest BCUT2D eigenvalue weighted by Crippen LogP contribution is -2.49. The van der Waals surface area contributed by atoms with Gasteiger partial charge < -0.3 is 4.98 Å². The van der Waals surface area contributed by atoms with Crippen molar-refractivity contribution < 1.29 is 22.0 Å². The number of nitrogens with one attached hydrogen (secondary N) is 1. The maximum atomic E-state index is 12.7. The smallest absolute Gasteiger partial charge is 0.329 e. The van der Waals surface area contributed by atoms with Gasteiger partial charge in [-0.2, -0.15) is 13.2 Å². The largest absolute Gasteiger partial charge is 0.416 e. The van der Waals surface area contributed by atoms with Crippen LogP contribution in [0.1, 0.15) is 11.1 Å². The predicted octanol–water partition coefficient (Wildman–Crippen LogP) is 2.69. The summed E-state index contributed by atoms with van der Waals surface area (Å²) >= 11 is 0. The maximum absolute atomic E-state index is 12.7. The van der Waals surface area contributed by atoms with Gasteiger partial charge >= 0.3 is 6.18 Å². The molecule has 0 aromatic carbocycles. The number of alkyl halides is 4. The lowest BCUT2D eigenvalue weighted by Gasteiger charge is -2.34. The predicted molar refractivity (Wildman–Crippen MR) is 68.4 cm³/mol. The van der Waals surface area contributed by atoms with Gasteiger partial charge in [0.1, 0.15) is 6.17 Å². The molecule has 0 atom stereocenters. The Balaban J connectivity index is 0.000000677. The molecular weight excluding hydrogens is 295 g/mol. The van der Waals surface area contributed by atoms with E-state index in [1.807, 2.05) is 0 Å². The van der Waals surface area contributed by atoms with Crippen molar-refractivity contribution in [3.05, 3.63) is 46.7 Å². The lowest BCUT2D eigenvalue weighted by molar-refractivity contribution is -0.138. The quantitative estimate of drug-likeness (QED) is 0.872. The molecule has 0 bridgehead atoms. The van der Waals surface area contributed by atoms with Crippen LogP contribution in [0.3, 0.4) is 0 Å². The van der Waals surface area contributed by atoms with Crippen LogP contribution in [-0.4, -0.2) is 35.7 Å². The average Bonchev–Trinajstić information content (AvgIpc) is 2.34. The third kappa shape index (κ3) is 5.30. The van der Waals surface area contributed by atoms with E-state index in [-0.39, 0.29) is 31.4 Å². The van der Waals surface area contributed by atoms with Gasteiger partial charge in [0, 0.05) is 31.9 Å². The monoisotopic (exact) mass is 310 g/mol. The number of likely N-dealkylation sites (tertiary alicyclic amines) is 1. The molecule has 8 heteroatoms. The summed E-state index contributed by atoms with van der Waals surface area (Å²) in [5, 5.41) is 0. The first-order chi connectivity index (χ1) is 9.77. The van der Waals surface area contributed by atoms with Crippen molar-refractivity contribution >= 4 is 0 Å². The number of aromatic amines is 1. The molecule has 1 N–H and O–H groups in total. The van der Waals surface area contributed by atoms with E-state index >= 15 is 0 Å². The third-order valence-corrected chi connectivity index (χ3v) is 2.93. The molecule has 1 fully saturated rings. The van der Waals surface area contributed by atoms with Crippen molar-refractivity contribution in [1.82, 2.24) is 9.88 Å². The molecule has 118 valence electrons. The summed E-state index contributed by atoms with van der Waals surface area (Å²) in [6, 6.07) is 0.559. The topological polar surface area (TPSA) is 36.1 Å². The molecule has 1 aliphatic rings. The van der Waals surface area contributed by atoms with Gasteiger partial charge in [0.15, 0.2) is 0 Å². The molecule has 0 unspecified atom stereocenters. The number of hydrogen-bond donors (Lipinski definition) is 1. The van der Waals surface area contributed by atoms with Gasteiger partial charge in [-0.25, -0.2) is 8.78 Å². The zero-order valence-electron chi connectivity index (χ0n) is 11.1. The number of hydrogen-bond acceptors (Lipinski definition) is 2. The van der Waals surface area contributed by atoms with E-state index < -0.39 is 23.5 Å². The van der Waals surface area contributed by atoms with Gasteiger partial charge in [0.25, 0.3) is 0 Å². The summed E-state index contributed by atoms with van der Waals surface area (Å²) in [4.78, 5) is 14.9. The van der Waals surface area contributed by atoms with E-state index in [1.165, 1.54) is 0 Å². The fourth-order valence-corrected chi connectivity index (χ4v) is 1.94. The Labute approximate surface area is 118 Å². The molecule has 0 spiro atoms. The second-order valence-electron chi connectivity index (χ2n) is 4.50. The van der Waals surface area contributed by atoms with Crippen LogP contribution in [0, 0.1) is 0 Å². The number of H-pyrrole nitrogens is 1. The van der Waals surface area contributed by atoms with Crippen molar-refractivity contribution in [1.29, 1.82) is 0 Å². The van der Waals surface area contributed by atoms with Crippen LogP contribution in [-0.2, 0) is 12.6 Å². The number of halogens is 5. The first-order valence-electron chi connectivity index (χ1n) is 6.14. The van der Waals surface area contributed by atoms with Crippen molar-refractivity contribution in [3.8, 4) is 0 Å². The summed E-state index contributed by atoms with van der Waals surface area (Å²) < 4.78 is 60.7. The van der Waals surface area contributed by atoms with E-state index in [4.69, 9.17) is 0 Å². The van der Waals surface area contributed by atoms with E-state index in [0.29, 0.717) is 12.6 Å². The minimum absolute atomic E-state index is 0.0319. The first kappa shape index (κ1) is 17.4. The number of pyridine rings is 1. The van der Waals surface area contributed by atoms with Crippen LogP contribution >= 0.6 is 0 Å². The van der Waals surface area contributed by atoms with Crippen molar-refractivity contribution in [3.63, 3.8) is 0 Å². The van der Waals surface area contributed by atoms with Gasteiger partial charge in [0.2, 0.25) is 5.56 Å². The molecule has 1 aliphatic heterocycles. The molecule has 0 radical (unpaired) electrons. The van der Waals surface area contributed by atoms with Gasteiger partial charge in [0.05, 0.1) is 11.9 Å². The minimum Gasteiger partial charge on any atom is -0.329 e. The molecule has 3 nitrogen and oxygen atoms in total. The Morgan fingerprint density at radius 2 is 2.00 bits per heavy atom. The Bertz CT molecular complexity index is 520. The number of nitrogens with zero attached hydrogens (tertiary/aromatic N) is 1. The van der Waals surface area contributed by atoms with Crippen LogP contribution in [0.25, 0.3) is 0 Å². The molecule has 21 heavy (non-hydrogen) atoms. The summed E-state index contributed by atoms with van der Waals surface area (Å²) in [7, 11) is 0. The van der Waals surface area contributed by atoms with E-state index in [2.05, 4.69) is 11.6 Å². The Hall–Kier alpha value is -1.70. The second-order valence-corrected chi connectivity index (χ2v) is 4.50. The average molecular weight is 310 g/mol. The highest BCUT2D eigenvalue weighted by molar-refractivity contribution is 5.26. The van der Waals surface area contributed by atoms with Gasteiger partial charge in [-0.15, -0.1) is 0 Å². The lowest BCUT2D eigenvalue weighted by atomic mass is 10.1. The molecular formula is C13H15F5N2O. The van der Waals surface area contributed by atoms with Crippen LogP contribution in [0.4, 0.5) is 22.0 Å². The SMILES string of the molecule is C=CF.O=c1cc(C(F)(F)F)c(CCN2CC(F)C2)c[nH]1. The van der Waals surface area contributed by atoms with Crippen LogP contribution in [0.5, 0.6) is 0 Å². The van der Waals surface area contributed by atoms with E-state index in [1.54, 1.807) is 4.90 Å². The summed E-state index contributed by atoms with van der Waals surface area (Å²) in [6.45, 7) is 3.59. The Morgan fingerprint density at radius 1 is 1.43 bits per heavy atom. The zero-order chi connectivity index (χ0) is 16.0. The van der Waals surface area contributed by atoms with Crippen LogP contribution < -0.4 is 5.56 Å². The van der Waals surface area contributed by atoms with Gasteiger partial charge in [-0.1, -0.05) is 6.58 Å². The summed E-state index contributed by atoms with van der Waals surface area (Å²) in [6.07, 6.45) is -3.94. The van der Waals surface area contributed by atoms with Crippen LogP contribution in [0.15, 0.2) is 30.0 Å². The van der Waals surface area contributed by atoms with E-state index in [0.717, 1.165) is 6.20 Å². The first-order valence-corrected chi connectivity index (χ1v) is 6.14. The molecule has 0 aliphatic carbocycles. The Kier molecular flexibility index (Phi) is 6.07. The highest BCUT2D eigenvalue weighted by Gasteiger charge is 2.34. The molecule has 2 rings (SSSR count). The molecule has 2 heterocycles. The highest BCUT2D eigenvalue weighted by Crippen LogP contribution is 2.31. The molecule has 1 aromatic rings. The van der Waals surface area contributed by atoms with Crippen molar-refractivity contribution in [2.75, 3.05) is 19.6 Å². The third-order valence-electron chi connectivity index (χ3n) is 2.93. The fourth-order valence-electron chi connectivity index (χ4n) is 1.94. The number of aromatic nitrogens is 1. The van der Waals surface area contributed by atoms with E-state index in [9.17, 15) is 26.7 Å².